The highest BCUT2D eigenvalue weighted by Crippen LogP contribution is 2.42. The van der Waals surface area contributed by atoms with Gasteiger partial charge >= 0.3 is 5.97 Å². The Hall–Kier alpha value is -1.37. The van der Waals surface area contributed by atoms with Crippen LogP contribution in [0, 0.1) is 6.92 Å². The van der Waals surface area contributed by atoms with Gasteiger partial charge < -0.3 is 15.6 Å². The number of carboxylic acid groups (broad SMARTS) is 1. The first kappa shape index (κ1) is 16.0. The molecule has 1 atom stereocenters. The Kier molecular flexibility index (Phi) is 5.03. The van der Waals surface area contributed by atoms with Crippen LogP contribution in [0.2, 0.25) is 0 Å². The lowest BCUT2D eigenvalue weighted by atomic mass is 10.1. The number of hydrogen-bond acceptors (Lipinski definition) is 5. The van der Waals surface area contributed by atoms with Crippen LogP contribution in [0.1, 0.15) is 29.5 Å². The van der Waals surface area contributed by atoms with Crippen molar-refractivity contribution in [2.45, 2.75) is 32.7 Å². The zero-order valence-electron chi connectivity index (χ0n) is 12.3. The molecule has 2 aromatic rings. The second-order valence-electron chi connectivity index (χ2n) is 5.16. The molecule has 0 radical (unpaired) electrons. The van der Waals surface area contributed by atoms with Crippen molar-refractivity contribution in [1.29, 1.82) is 0 Å². The fraction of sp³-hybridized carbons (Fsp3) is 0.400. The van der Waals surface area contributed by atoms with E-state index in [1.807, 2.05) is 6.07 Å². The molecule has 6 heteroatoms. The standard InChI is InChI=1S/C15H19NO3S2/c1-8(2)14-11(19-7-10(16)15(17)18)6-13(21-14)12-5-4-9(3)20-12/h4-6,8,10H,7,16H2,1-3H3,(H,17,18). The van der Waals surface area contributed by atoms with E-state index in [2.05, 4.69) is 32.9 Å². The van der Waals surface area contributed by atoms with Gasteiger partial charge in [-0.05, 0) is 31.0 Å². The summed E-state index contributed by atoms with van der Waals surface area (Å²) in [5.74, 6) is 0.0130. The quantitative estimate of drug-likeness (QED) is 0.849. The van der Waals surface area contributed by atoms with Crippen molar-refractivity contribution in [3.63, 3.8) is 0 Å². The molecule has 1 unspecified atom stereocenters. The van der Waals surface area contributed by atoms with Gasteiger partial charge in [0.25, 0.3) is 0 Å². The van der Waals surface area contributed by atoms with E-state index < -0.39 is 12.0 Å². The van der Waals surface area contributed by atoms with Gasteiger partial charge in [-0.25, -0.2) is 0 Å². The number of thiophene rings is 2. The summed E-state index contributed by atoms with van der Waals surface area (Å²) >= 11 is 3.43. The minimum atomic E-state index is -1.05. The van der Waals surface area contributed by atoms with E-state index in [4.69, 9.17) is 15.6 Å². The van der Waals surface area contributed by atoms with Gasteiger partial charge in [0.1, 0.15) is 18.4 Å². The van der Waals surface area contributed by atoms with Gasteiger partial charge in [-0.15, -0.1) is 22.7 Å². The number of nitrogens with two attached hydrogens (primary N) is 1. The van der Waals surface area contributed by atoms with Crippen LogP contribution in [0.3, 0.4) is 0 Å². The molecular weight excluding hydrogens is 306 g/mol. The van der Waals surface area contributed by atoms with E-state index in [1.165, 1.54) is 9.75 Å². The number of carboxylic acids is 1. The van der Waals surface area contributed by atoms with Gasteiger partial charge in [0.05, 0.1) is 0 Å². The summed E-state index contributed by atoms with van der Waals surface area (Å²) in [4.78, 5) is 15.5. The average Bonchev–Trinajstić information content (AvgIpc) is 3.01. The van der Waals surface area contributed by atoms with Crippen LogP contribution in [0.15, 0.2) is 18.2 Å². The Labute approximate surface area is 132 Å². The number of hydrogen-bond donors (Lipinski definition) is 2. The molecule has 0 saturated carbocycles. The first-order valence-electron chi connectivity index (χ1n) is 6.70. The molecule has 114 valence electrons. The van der Waals surface area contributed by atoms with Crippen LogP contribution in [-0.4, -0.2) is 23.7 Å². The monoisotopic (exact) mass is 325 g/mol. The smallest absolute Gasteiger partial charge is 0.324 e. The molecule has 0 bridgehead atoms. The minimum Gasteiger partial charge on any atom is -0.490 e. The molecule has 0 spiro atoms. The largest absolute Gasteiger partial charge is 0.490 e. The number of carbonyl (C=O) groups is 1. The van der Waals surface area contributed by atoms with Gasteiger partial charge in [-0.1, -0.05) is 13.8 Å². The van der Waals surface area contributed by atoms with E-state index in [0.29, 0.717) is 5.92 Å². The maximum atomic E-state index is 10.8. The summed E-state index contributed by atoms with van der Waals surface area (Å²) in [6.07, 6.45) is 0. The molecule has 0 amide bonds. The molecule has 2 rings (SSSR count). The molecule has 0 aliphatic heterocycles. The highest BCUT2D eigenvalue weighted by molar-refractivity contribution is 7.22. The lowest BCUT2D eigenvalue weighted by Crippen LogP contribution is -2.36. The van der Waals surface area contributed by atoms with E-state index >= 15 is 0 Å². The molecular formula is C15H19NO3S2. The van der Waals surface area contributed by atoms with Crippen LogP contribution < -0.4 is 10.5 Å². The molecule has 0 saturated heterocycles. The third-order valence-electron chi connectivity index (χ3n) is 2.97. The van der Waals surface area contributed by atoms with Gasteiger partial charge in [0.2, 0.25) is 0 Å². The third-order valence-corrected chi connectivity index (χ3v) is 5.58. The van der Waals surface area contributed by atoms with Gasteiger partial charge in [-0.2, -0.15) is 0 Å². The SMILES string of the molecule is Cc1ccc(-c2cc(OCC(N)C(=O)O)c(C(C)C)s2)s1. The summed E-state index contributed by atoms with van der Waals surface area (Å²) in [5.41, 5.74) is 5.49. The number of ether oxygens (including phenoxy) is 1. The maximum absolute atomic E-state index is 10.8. The van der Waals surface area contributed by atoms with Gasteiger partial charge in [0.15, 0.2) is 0 Å². The van der Waals surface area contributed by atoms with Crippen molar-refractivity contribution in [3.05, 3.63) is 28.0 Å². The van der Waals surface area contributed by atoms with E-state index in [0.717, 1.165) is 15.5 Å². The molecule has 0 aliphatic rings. The predicted molar refractivity (Wildman–Crippen MR) is 87.6 cm³/mol. The number of rotatable bonds is 6. The van der Waals surface area contributed by atoms with Crippen molar-refractivity contribution in [2.75, 3.05) is 6.61 Å². The number of aryl methyl sites for hydroxylation is 1. The first-order chi connectivity index (χ1) is 9.88. The molecule has 2 heterocycles. The Morgan fingerprint density at radius 1 is 1.33 bits per heavy atom. The Balaban J connectivity index is 2.23. The molecule has 0 fully saturated rings. The Bertz CT molecular complexity index is 631. The highest BCUT2D eigenvalue weighted by Gasteiger charge is 2.18. The van der Waals surface area contributed by atoms with Crippen molar-refractivity contribution in [1.82, 2.24) is 0 Å². The molecule has 21 heavy (non-hydrogen) atoms. The lowest BCUT2D eigenvalue weighted by Gasteiger charge is -2.11. The minimum absolute atomic E-state index is 0.0192. The zero-order chi connectivity index (χ0) is 15.6. The van der Waals surface area contributed by atoms with Crippen molar-refractivity contribution in [2.24, 2.45) is 5.73 Å². The molecule has 0 aliphatic carbocycles. The summed E-state index contributed by atoms with van der Waals surface area (Å²) < 4.78 is 5.64. The van der Waals surface area contributed by atoms with Crippen LogP contribution in [-0.2, 0) is 4.79 Å². The third kappa shape index (κ3) is 3.84. The highest BCUT2D eigenvalue weighted by atomic mass is 32.1. The van der Waals surface area contributed by atoms with E-state index in [1.54, 1.807) is 22.7 Å². The van der Waals surface area contributed by atoms with Crippen LogP contribution >= 0.6 is 22.7 Å². The van der Waals surface area contributed by atoms with Crippen LogP contribution in [0.4, 0.5) is 0 Å². The van der Waals surface area contributed by atoms with Crippen molar-refractivity contribution in [3.8, 4) is 15.5 Å². The fourth-order valence-electron chi connectivity index (χ4n) is 1.84. The maximum Gasteiger partial charge on any atom is 0.324 e. The normalized spacial score (nSPS) is 12.6. The molecule has 2 aromatic heterocycles. The lowest BCUT2D eigenvalue weighted by molar-refractivity contribution is -0.139. The topological polar surface area (TPSA) is 72.5 Å². The van der Waals surface area contributed by atoms with E-state index in [-0.39, 0.29) is 6.61 Å². The average molecular weight is 325 g/mol. The zero-order valence-corrected chi connectivity index (χ0v) is 13.9. The van der Waals surface area contributed by atoms with Crippen LogP contribution in [0.5, 0.6) is 5.75 Å². The van der Waals surface area contributed by atoms with Gasteiger partial charge in [0, 0.05) is 19.5 Å². The second kappa shape index (κ2) is 6.60. The van der Waals surface area contributed by atoms with Crippen LogP contribution in [0.25, 0.3) is 9.75 Å². The summed E-state index contributed by atoms with van der Waals surface area (Å²) in [7, 11) is 0. The molecule has 3 N–H and O–H groups in total. The second-order valence-corrected chi connectivity index (χ2v) is 7.53. The molecule has 0 aromatic carbocycles. The van der Waals surface area contributed by atoms with Crippen molar-refractivity contribution >= 4 is 28.6 Å². The van der Waals surface area contributed by atoms with E-state index in [9.17, 15) is 4.79 Å². The summed E-state index contributed by atoms with van der Waals surface area (Å²) in [5, 5.41) is 8.82. The Morgan fingerprint density at radius 2 is 2.05 bits per heavy atom. The van der Waals surface area contributed by atoms with Crippen molar-refractivity contribution < 1.29 is 14.6 Å². The molecule has 4 nitrogen and oxygen atoms in total. The predicted octanol–water partition coefficient (Wildman–Crippen LogP) is 3.70. The summed E-state index contributed by atoms with van der Waals surface area (Å²) in [6.45, 7) is 6.25. The Morgan fingerprint density at radius 3 is 2.57 bits per heavy atom. The fourth-order valence-corrected chi connectivity index (χ4v) is 3.90. The summed E-state index contributed by atoms with van der Waals surface area (Å²) in [6, 6.07) is 5.18. The van der Waals surface area contributed by atoms with Gasteiger partial charge in [-0.3, -0.25) is 4.79 Å². The first-order valence-corrected chi connectivity index (χ1v) is 8.33. The number of aliphatic carboxylic acids is 1.